The molecule has 0 aliphatic heterocycles. The highest BCUT2D eigenvalue weighted by atomic mass is 127. The largest absolute Gasteiger partial charge is 0.480 e. The van der Waals surface area contributed by atoms with Crippen LogP contribution in [0.4, 0.5) is 0 Å². The first-order valence-electron chi connectivity index (χ1n) is 7.44. The van der Waals surface area contributed by atoms with Gasteiger partial charge in [-0.15, -0.1) is 0 Å². The van der Waals surface area contributed by atoms with Crippen molar-refractivity contribution in [3.8, 4) is 0 Å². The molecule has 1 atom stereocenters. The van der Waals surface area contributed by atoms with Crippen molar-refractivity contribution in [3.05, 3.63) is 33.4 Å². The third-order valence-electron chi connectivity index (χ3n) is 3.32. The maximum atomic E-state index is 10.5. The van der Waals surface area contributed by atoms with Crippen LogP contribution in [0.25, 0.3) is 0 Å². The summed E-state index contributed by atoms with van der Waals surface area (Å²) in [5, 5.41) is 11.8. The Morgan fingerprint density at radius 2 is 1.95 bits per heavy atom. The lowest BCUT2D eigenvalue weighted by molar-refractivity contribution is -0.138. The van der Waals surface area contributed by atoms with Crippen molar-refractivity contribution in [2.45, 2.75) is 44.6 Å². The van der Waals surface area contributed by atoms with E-state index in [1.807, 2.05) is 0 Å². The minimum absolute atomic E-state index is 0.399. The lowest BCUT2D eigenvalue weighted by Crippen LogP contribution is -2.24. The van der Waals surface area contributed by atoms with Crippen LogP contribution in [-0.4, -0.2) is 28.7 Å². The summed E-state index contributed by atoms with van der Waals surface area (Å²) < 4.78 is 1.25. The van der Waals surface area contributed by atoms with Gasteiger partial charge in [-0.2, -0.15) is 0 Å². The number of hydrogen-bond acceptors (Lipinski definition) is 2. The molecule has 0 saturated heterocycles. The van der Waals surface area contributed by atoms with E-state index < -0.39 is 12.0 Å². The topological polar surface area (TPSA) is 73.1 Å². The third kappa shape index (κ3) is 8.65. The van der Waals surface area contributed by atoms with Crippen molar-refractivity contribution in [1.29, 1.82) is 0 Å². The second-order valence-electron chi connectivity index (χ2n) is 5.22. The van der Waals surface area contributed by atoms with Crippen molar-refractivity contribution in [3.63, 3.8) is 0 Å². The molecule has 0 unspecified atom stereocenters. The molecule has 1 rings (SSSR count). The van der Waals surface area contributed by atoms with Gasteiger partial charge in [-0.05, 0) is 78.8 Å². The van der Waals surface area contributed by atoms with E-state index in [2.05, 4.69) is 52.2 Å². The molecule has 0 aromatic heterocycles. The normalized spacial score (nSPS) is 11.9. The molecular formula is C16H22IN2O2S. The summed E-state index contributed by atoms with van der Waals surface area (Å²) in [6.07, 6.45) is 4.91. The number of aryl methyl sites for hydroxylation is 1. The number of carboxylic acids is 1. The van der Waals surface area contributed by atoms with E-state index in [4.69, 9.17) is 23.1 Å². The molecule has 1 aromatic carbocycles. The number of carbonyl (C=O) groups is 1. The fourth-order valence-corrected chi connectivity index (χ4v) is 2.62. The molecular weight excluding hydrogens is 411 g/mol. The predicted octanol–water partition coefficient (Wildman–Crippen LogP) is 3.44. The number of aliphatic carboxylic acids is 1. The maximum absolute atomic E-state index is 10.5. The molecule has 0 bridgehead atoms. The summed E-state index contributed by atoms with van der Waals surface area (Å²) in [6.45, 7) is 0.759. The Morgan fingerprint density at radius 3 is 2.59 bits per heavy atom. The van der Waals surface area contributed by atoms with E-state index >= 15 is 0 Å². The van der Waals surface area contributed by atoms with Crippen molar-refractivity contribution in [2.24, 2.45) is 0 Å². The first-order valence-corrected chi connectivity index (χ1v) is 8.93. The molecule has 4 nitrogen and oxygen atoms in total. The van der Waals surface area contributed by atoms with E-state index in [1.54, 1.807) is 0 Å². The van der Waals surface area contributed by atoms with Gasteiger partial charge in [0.2, 0.25) is 0 Å². The molecule has 3 N–H and O–H groups in total. The lowest BCUT2D eigenvalue weighted by atomic mass is 10.1. The van der Waals surface area contributed by atoms with Crippen LogP contribution in [0.5, 0.6) is 0 Å². The molecule has 1 aromatic rings. The van der Waals surface area contributed by atoms with Gasteiger partial charge in [0.1, 0.15) is 6.04 Å². The highest BCUT2D eigenvalue weighted by Gasteiger charge is 2.10. The van der Waals surface area contributed by atoms with Crippen LogP contribution in [0.3, 0.4) is 0 Å². The minimum Gasteiger partial charge on any atom is -0.480 e. The van der Waals surface area contributed by atoms with Gasteiger partial charge in [0, 0.05) is 10.1 Å². The summed E-state index contributed by atoms with van der Waals surface area (Å²) in [6, 6.07) is 7.53. The number of carboxylic acid groups (broad SMARTS) is 1. The smallest absolute Gasteiger partial charge is 0.322 e. The highest BCUT2D eigenvalue weighted by molar-refractivity contribution is 14.1. The first-order chi connectivity index (χ1) is 10.5. The number of nitrogens with one attached hydrogen (secondary N) is 2. The van der Waals surface area contributed by atoms with Gasteiger partial charge in [0.25, 0.3) is 0 Å². The van der Waals surface area contributed by atoms with E-state index in [1.165, 1.54) is 9.13 Å². The summed E-state index contributed by atoms with van der Waals surface area (Å²) in [7, 11) is 0. The molecule has 1 radical (unpaired) electrons. The van der Waals surface area contributed by atoms with Gasteiger partial charge in [-0.1, -0.05) is 24.4 Å². The van der Waals surface area contributed by atoms with Crippen LogP contribution in [0.1, 0.15) is 37.7 Å². The maximum Gasteiger partial charge on any atom is 0.322 e. The molecule has 0 aliphatic rings. The number of thiocarbonyl (C=S) groups is 1. The average molecular weight is 433 g/mol. The van der Waals surface area contributed by atoms with Crippen LogP contribution in [0.15, 0.2) is 24.3 Å². The summed E-state index contributed by atoms with van der Waals surface area (Å²) in [5.41, 5.74) is 8.62. The molecule has 0 heterocycles. The lowest BCUT2D eigenvalue weighted by Gasteiger charge is -2.09. The highest BCUT2D eigenvalue weighted by Crippen LogP contribution is 2.09. The van der Waals surface area contributed by atoms with E-state index in [9.17, 15) is 4.79 Å². The standard InChI is InChI=1S/C16H22IN2O2S/c17-13-9-7-12(8-10-13)4-3-6-15(22)19-11-2-1-5-14(18)16(20)21/h7-10,14,18H,1-6,11H2,(H,19,22)(H,20,21)/t14-/m0/s1. The van der Waals surface area contributed by atoms with E-state index in [0.717, 1.165) is 43.6 Å². The Morgan fingerprint density at radius 1 is 1.27 bits per heavy atom. The van der Waals surface area contributed by atoms with Crippen LogP contribution in [-0.2, 0) is 11.2 Å². The molecule has 0 amide bonds. The van der Waals surface area contributed by atoms with Gasteiger partial charge in [0.15, 0.2) is 0 Å². The van der Waals surface area contributed by atoms with Gasteiger partial charge >= 0.3 is 5.97 Å². The van der Waals surface area contributed by atoms with Crippen LogP contribution < -0.4 is 11.1 Å². The van der Waals surface area contributed by atoms with Gasteiger partial charge in [-0.25, -0.2) is 5.73 Å². The molecule has 0 spiro atoms. The van der Waals surface area contributed by atoms with E-state index in [-0.39, 0.29) is 0 Å². The molecule has 0 aliphatic carbocycles. The monoisotopic (exact) mass is 433 g/mol. The van der Waals surface area contributed by atoms with Crippen molar-refractivity contribution in [1.82, 2.24) is 11.1 Å². The van der Waals surface area contributed by atoms with Crippen LogP contribution >= 0.6 is 34.8 Å². The number of rotatable bonds is 10. The minimum atomic E-state index is -1.04. The van der Waals surface area contributed by atoms with E-state index in [0.29, 0.717) is 6.42 Å². The summed E-state index contributed by atoms with van der Waals surface area (Å²) in [4.78, 5) is 11.4. The molecule has 0 saturated carbocycles. The number of benzene rings is 1. The third-order valence-corrected chi connectivity index (χ3v) is 4.39. The van der Waals surface area contributed by atoms with Crippen molar-refractivity contribution < 1.29 is 9.90 Å². The molecule has 6 heteroatoms. The second kappa shape index (κ2) is 10.9. The summed E-state index contributed by atoms with van der Waals surface area (Å²) in [5.74, 6) is -1.04. The fraction of sp³-hybridized carbons (Fsp3) is 0.500. The second-order valence-corrected chi connectivity index (χ2v) is 6.96. The average Bonchev–Trinajstić information content (AvgIpc) is 2.48. The van der Waals surface area contributed by atoms with Crippen LogP contribution in [0.2, 0.25) is 0 Å². The number of unbranched alkanes of at least 4 members (excludes halogenated alkanes) is 1. The Kier molecular flexibility index (Phi) is 9.58. The molecule has 121 valence electrons. The van der Waals surface area contributed by atoms with Gasteiger partial charge in [-0.3, -0.25) is 4.79 Å². The predicted molar refractivity (Wildman–Crippen MR) is 101 cm³/mol. The Balaban J connectivity index is 2.04. The zero-order valence-electron chi connectivity index (χ0n) is 12.5. The van der Waals surface area contributed by atoms with Crippen LogP contribution in [0, 0.1) is 3.57 Å². The zero-order valence-corrected chi connectivity index (χ0v) is 15.5. The quantitative estimate of drug-likeness (QED) is 0.337. The van der Waals surface area contributed by atoms with Gasteiger partial charge in [0.05, 0.1) is 4.99 Å². The number of halogens is 1. The van der Waals surface area contributed by atoms with Crippen molar-refractivity contribution in [2.75, 3.05) is 6.54 Å². The summed E-state index contributed by atoms with van der Waals surface area (Å²) >= 11 is 7.59. The zero-order chi connectivity index (χ0) is 16.4. The fourth-order valence-electron chi connectivity index (χ4n) is 2.02. The molecule has 0 fully saturated rings. The van der Waals surface area contributed by atoms with Gasteiger partial charge < -0.3 is 10.4 Å². The Hall–Kier alpha value is -0.730. The Labute approximate surface area is 151 Å². The van der Waals surface area contributed by atoms with Crippen molar-refractivity contribution >= 4 is 45.8 Å². The molecule has 22 heavy (non-hydrogen) atoms. The number of hydrogen-bond donors (Lipinski definition) is 2. The first kappa shape index (κ1) is 19.3. The Bertz CT molecular complexity index is 480. The SMILES string of the molecule is [NH][C@@H](CCCCNC(=S)CCCc1ccc(I)cc1)C(=O)O.